The number of rotatable bonds is 6. The van der Waals surface area contributed by atoms with Crippen molar-refractivity contribution < 1.29 is 9.53 Å². The van der Waals surface area contributed by atoms with Crippen LogP contribution >= 0.6 is 11.6 Å². The van der Waals surface area contributed by atoms with Crippen LogP contribution in [0.15, 0.2) is 61.2 Å². The van der Waals surface area contributed by atoms with E-state index in [1.54, 1.807) is 42.5 Å². The number of halogens is 1. The fourth-order valence-electron chi connectivity index (χ4n) is 1.78. The molecule has 2 rings (SSSR count). The number of carbonyl (C=O) groups is 1. The number of anilines is 1. The number of amides is 1. The first-order chi connectivity index (χ1) is 10.2. The van der Waals surface area contributed by atoms with Gasteiger partial charge in [0.2, 0.25) is 5.91 Å². The quantitative estimate of drug-likeness (QED) is 0.816. The molecular weight excluding hydrogens is 286 g/mol. The van der Waals surface area contributed by atoms with Gasteiger partial charge in [0.05, 0.1) is 6.42 Å². The maximum Gasteiger partial charge on any atom is 0.228 e. The fourth-order valence-corrected chi connectivity index (χ4v) is 1.91. The van der Waals surface area contributed by atoms with Gasteiger partial charge in [0.1, 0.15) is 12.4 Å². The molecule has 21 heavy (non-hydrogen) atoms. The van der Waals surface area contributed by atoms with E-state index < -0.39 is 0 Å². The Bertz CT molecular complexity index is 606. The number of carbonyl (C=O) groups excluding carboxylic acids is 1. The van der Waals surface area contributed by atoms with Crippen molar-refractivity contribution in [2.24, 2.45) is 0 Å². The summed E-state index contributed by atoms with van der Waals surface area (Å²) in [6.45, 7) is 4.05. The van der Waals surface area contributed by atoms with Crippen molar-refractivity contribution >= 4 is 23.2 Å². The summed E-state index contributed by atoms with van der Waals surface area (Å²) < 4.78 is 5.38. The smallest absolute Gasteiger partial charge is 0.228 e. The Morgan fingerprint density at radius 1 is 1.14 bits per heavy atom. The van der Waals surface area contributed by atoms with Crippen LogP contribution in [-0.4, -0.2) is 12.5 Å². The minimum absolute atomic E-state index is 0.0721. The van der Waals surface area contributed by atoms with Gasteiger partial charge in [0, 0.05) is 10.7 Å². The van der Waals surface area contributed by atoms with Crippen LogP contribution in [0.2, 0.25) is 5.02 Å². The Morgan fingerprint density at radius 2 is 1.81 bits per heavy atom. The van der Waals surface area contributed by atoms with Gasteiger partial charge in [-0.15, -0.1) is 0 Å². The molecule has 0 aliphatic heterocycles. The number of hydrogen-bond donors (Lipinski definition) is 1. The fraction of sp³-hybridized carbons (Fsp3) is 0.118. The molecule has 2 aromatic carbocycles. The van der Waals surface area contributed by atoms with E-state index >= 15 is 0 Å². The molecule has 0 aromatic heterocycles. The third-order valence-corrected chi connectivity index (χ3v) is 3.04. The molecule has 0 fully saturated rings. The van der Waals surface area contributed by atoms with Crippen LogP contribution in [0.1, 0.15) is 5.56 Å². The highest BCUT2D eigenvalue weighted by atomic mass is 35.5. The zero-order valence-corrected chi connectivity index (χ0v) is 12.3. The SMILES string of the molecule is C=CCOc1ccc(NC(=O)Cc2ccc(Cl)cc2)cc1. The lowest BCUT2D eigenvalue weighted by Gasteiger charge is -2.07. The summed E-state index contributed by atoms with van der Waals surface area (Å²) >= 11 is 5.81. The van der Waals surface area contributed by atoms with Gasteiger partial charge >= 0.3 is 0 Å². The van der Waals surface area contributed by atoms with E-state index in [1.165, 1.54) is 0 Å². The van der Waals surface area contributed by atoms with Gasteiger partial charge in [-0.05, 0) is 42.0 Å². The van der Waals surface area contributed by atoms with Crippen molar-refractivity contribution in [2.45, 2.75) is 6.42 Å². The highest BCUT2D eigenvalue weighted by Gasteiger charge is 2.04. The van der Waals surface area contributed by atoms with Crippen LogP contribution in [-0.2, 0) is 11.2 Å². The number of ether oxygens (including phenoxy) is 1. The first kappa shape index (κ1) is 15.1. The molecule has 0 aliphatic rings. The van der Waals surface area contributed by atoms with Crippen molar-refractivity contribution in [3.63, 3.8) is 0 Å². The molecule has 0 unspecified atom stereocenters. The van der Waals surface area contributed by atoms with E-state index in [0.29, 0.717) is 18.1 Å². The molecule has 0 atom stereocenters. The van der Waals surface area contributed by atoms with Crippen LogP contribution in [0.3, 0.4) is 0 Å². The van der Waals surface area contributed by atoms with Gasteiger partial charge in [-0.2, -0.15) is 0 Å². The van der Waals surface area contributed by atoms with Gasteiger partial charge in [-0.25, -0.2) is 0 Å². The standard InChI is InChI=1S/C17H16ClNO2/c1-2-11-21-16-9-7-15(8-10-16)19-17(20)12-13-3-5-14(18)6-4-13/h2-10H,1,11-12H2,(H,19,20). The van der Waals surface area contributed by atoms with E-state index in [-0.39, 0.29) is 5.91 Å². The highest BCUT2D eigenvalue weighted by molar-refractivity contribution is 6.30. The van der Waals surface area contributed by atoms with E-state index in [2.05, 4.69) is 11.9 Å². The Balaban J connectivity index is 1.90. The molecule has 0 spiro atoms. The summed E-state index contributed by atoms with van der Waals surface area (Å²) in [4.78, 5) is 11.9. The first-order valence-corrected chi connectivity index (χ1v) is 6.93. The second kappa shape index (κ2) is 7.50. The molecule has 1 N–H and O–H groups in total. The zero-order valence-electron chi connectivity index (χ0n) is 11.5. The third-order valence-electron chi connectivity index (χ3n) is 2.78. The van der Waals surface area contributed by atoms with Gasteiger partial charge in [-0.3, -0.25) is 4.79 Å². The molecule has 2 aromatic rings. The zero-order chi connectivity index (χ0) is 15.1. The molecule has 4 heteroatoms. The lowest BCUT2D eigenvalue weighted by Crippen LogP contribution is -2.14. The molecule has 108 valence electrons. The molecule has 0 saturated heterocycles. The summed E-state index contributed by atoms with van der Waals surface area (Å²) in [6.07, 6.45) is 1.99. The van der Waals surface area contributed by atoms with Gasteiger partial charge in [-0.1, -0.05) is 36.4 Å². The lowest BCUT2D eigenvalue weighted by atomic mass is 10.1. The van der Waals surface area contributed by atoms with E-state index in [0.717, 1.165) is 17.0 Å². The summed E-state index contributed by atoms with van der Waals surface area (Å²) in [7, 11) is 0. The van der Waals surface area contributed by atoms with Crippen LogP contribution in [0, 0.1) is 0 Å². The Hall–Kier alpha value is -2.26. The minimum Gasteiger partial charge on any atom is -0.490 e. The average Bonchev–Trinajstić information content (AvgIpc) is 2.49. The molecular formula is C17H16ClNO2. The maximum atomic E-state index is 11.9. The van der Waals surface area contributed by atoms with E-state index in [4.69, 9.17) is 16.3 Å². The Morgan fingerprint density at radius 3 is 2.43 bits per heavy atom. The molecule has 3 nitrogen and oxygen atoms in total. The lowest BCUT2D eigenvalue weighted by molar-refractivity contribution is -0.115. The second-order valence-electron chi connectivity index (χ2n) is 4.48. The van der Waals surface area contributed by atoms with Crippen LogP contribution in [0.5, 0.6) is 5.75 Å². The molecule has 0 heterocycles. The monoisotopic (exact) mass is 301 g/mol. The molecule has 0 aliphatic carbocycles. The summed E-state index contributed by atoms with van der Waals surface area (Å²) in [5.41, 5.74) is 1.66. The highest BCUT2D eigenvalue weighted by Crippen LogP contribution is 2.16. The van der Waals surface area contributed by atoms with Gasteiger partial charge in [0.25, 0.3) is 0 Å². The first-order valence-electron chi connectivity index (χ1n) is 6.55. The normalized spacial score (nSPS) is 9.95. The van der Waals surface area contributed by atoms with Gasteiger partial charge in [0.15, 0.2) is 0 Å². The Labute approximate surface area is 129 Å². The minimum atomic E-state index is -0.0721. The van der Waals surface area contributed by atoms with Crippen LogP contribution in [0.4, 0.5) is 5.69 Å². The molecule has 0 saturated carbocycles. The average molecular weight is 302 g/mol. The van der Waals surface area contributed by atoms with Crippen molar-refractivity contribution in [3.8, 4) is 5.75 Å². The predicted octanol–water partition coefficient (Wildman–Crippen LogP) is 4.09. The van der Waals surface area contributed by atoms with E-state index in [9.17, 15) is 4.79 Å². The summed E-state index contributed by atoms with van der Waals surface area (Å²) in [5.74, 6) is 0.669. The summed E-state index contributed by atoms with van der Waals surface area (Å²) in [6, 6.07) is 14.5. The van der Waals surface area contributed by atoms with Gasteiger partial charge < -0.3 is 10.1 Å². The number of benzene rings is 2. The largest absolute Gasteiger partial charge is 0.490 e. The Kier molecular flexibility index (Phi) is 5.41. The van der Waals surface area contributed by atoms with Crippen molar-refractivity contribution in [1.82, 2.24) is 0 Å². The third kappa shape index (κ3) is 4.97. The number of nitrogens with one attached hydrogen (secondary N) is 1. The van der Waals surface area contributed by atoms with Crippen molar-refractivity contribution in [1.29, 1.82) is 0 Å². The topological polar surface area (TPSA) is 38.3 Å². The van der Waals surface area contributed by atoms with Crippen LogP contribution in [0.25, 0.3) is 0 Å². The van der Waals surface area contributed by atoms with E-state index in [1.807, 2.05) is 12.1 Å². The van der Waals surface area contributed by atoms with Crippen molar-refractivity contribution in [3.05, 3.63) is 71.8 Å². The second-order valence-corrected chi connectivity index (χ2v) is 4.91. The predicted molar refractivity (Wildman–Crippen MR) is 85.9 cm³/mol. The van der Waals surface area contributed by atoms with Crippen molar-refractivity contribution in [2.75, 3.05) is 11.9 Å². The maximum absolute atomic E-state index is 11.9. The molecule has 0 bridgehead atoms. The van der Waals surface area contributed by atoms with Crippen LogP contribution < -0.4 is 10.1 Å². The molecule has 0 radical (unpaired) electrons. The number of hydrogen-bond acceptors (Lipinski definition) is 2. The summed E-state index contributed by atoms with van der Waals surface area (Å²) in [5, 5.41) is 3.50. The molecule has 1 amide bonds.